The van der Waals surface area contributed by atoms with Crippen LogP contribution in [0.1, 0.15) is 11.3 Å². The van der Waals surface area contributed by atoms with Gasteiger partial charge in [0.2, 0.25) is 5.89 Å². The fourth-order valence-electron chi connectivity index (χ4n) is 2.92. The molecule has 2 N–H and O–H groups in total. The fourth-order valence-corrected chi connectivity index (χ4v) is 2.92. The smallest absolute Gasteiger partial charge is 0.226 e. The molecule has 0 aliphatic carbocycles. The average molecular weight is 538 g/mol. The second-order valence-corrected chi connectivity index (χ2v) is 6.30. The van der Waals surface area contributed by atoms with E-state index in [1.54, 1.807) is 34.6 Å². The molecule has 1 heterocycles. The zero-order valence-corrected chi connectivity index (χ0v) is 20.3. The first kappa shape index (κ1) is 24.3. The van der Waals surface area contributed by atoms with Gasteiger partial charge >= 0.3 is 0 Å². The van der Waals surface area contributed by atoms with Crippen molar-refractivity contribution in [3.8, 4) is 28.7 Å². The van der Waals surface area contributed by atoms with Crippen LogP contribution in [0.15, 0.2) is 58.1 Å². The lowest BCUT2D eigenvalue weighted by molar-refractivity contribution is 0.368. The molecule has 3 aromatic rings. The largest absolute Gasteiger partial charge is 0.496 e. The fraction of sp³-hybridized carbons (Fsp3) is 0.273. The number of halogens is 1. The van der Waals surface area contributed by atoms with Gasteiger partial charge < -0.3 is 29.3 Å². The highest BCUT2D eigenvalue weighted by atomic mass is 127. The highest BCUT2D eigenvalue weighted by Crippen LogP contribution is 2.33. The standard InChI is InChI=1S/C22H26N4O4.HI/c1-23-22(24-12-16-14-30-21(26-16)15-8-6-5-7-9-15)25-13-18-19(28-3)10-17(27-2)11-20(18)29-4;/h5-11,14H,12-13H2,1-4H3,(H2,23,24,25);1H. The van der Waals surface area contributed by atoms with E-state index in [0.717, 1.165) is 16.8 Å². The molecule has 31 heavy (non-hydrogen) atoms. The predicted molar refractivity (Wildman–Crippen MR) is 130 cm³/mol. The van der Waals surface area contributed by atoms with E-state index in [-0.39, 0.29) is 24.0 Å². The first-order valence-electron chi connectivity index (χ1n) is 9.41. The molecule has 9 heteroatoms. The van der Waals surface area contributed by atoms with Gasteiger partial charge in [-0.05, 0) is 12.1 Å². The SMILES string of the molecule is CN=C(NCc1coc(-c2ccccc2)n1)NCc1c(OC)cc(OC)cc1OC.I. The summed E-state index contributed by atoms with van der Waals surface area (Å²) in [5.41, 5.74) is 2.57. The first-order chi connectivity index (χ1) is 14.7. The molecule has 2 aromatic carbocycles. The molecular weight excluding hydrogens is 511 g/mol. The van der Waals surface area contributed by atoms with Gasteiger partial charge in [0.25, 0.3) is 0 Å². The highest BCUT2D eigenvalue weighted by Gasteiger charge is 2.14. The summed E-state index contributed by atoms with van der Waals surface area (Å²) < 4.78 is 21.8. The van der Waals surface area contributed by atoms with Crippen LogP contribution in [0.2, 0.25) is 0 Å². The van der Waals surface area contributed by atoms with Crippen LogP contribution in [0.25, 0.3) is 11.5 Å². The number of rotatable bonds is 8. The maximum absolute atomic E-state index is 5.57. The number of nitrogens with zero attached hydrogens (tertiary/aromatic N) is 2. The summed E-state index contributed by atoms with van der Waals surface area (Å²) in [4.78, 5) is 8.77. The number of benzene rings is 2. The second kappa shape index (κ2) is 12.0. The van der Waals surface area contributed by atoms with Gasteiger partial charge in [0.15, 0.2) is 5.96 Å². The topological polar surface area (TPSA) is 90.1 Å². The number of hydrogen-bond donors (Lipinski definition) is 2. The summed E-state index contributed by atoms with van der Waals surface area (Å²) in [6.45, 7) is 0.914. The monoisotopic (exact) mass is 538 g/mol. The number of methoxy groups -OCH3 is 3. The zero-order valence-electron chi connectivity index (χ0n) is 18.0. The van der Waals surface area contributed by atoms with Crippen LogP contribution in [0.3, 0.4) is 0 Å². The van der Waals surface area contributed by atoms with Crippen LogP contribution in [0.5, 0.6) is 17.2 Å². The molecule has 8 nitrogen and oxygen atoms in total. The summed E-state index contributed by atoms with van der Waals surface area (Å²) in [6.07, 6.45) is 1.64. The van der Waals surface area contributed by atoms with Gasteiger partial charge in [-0.1, -0.05) is 18.2 Å². The summed E-state index contributed by atoms with van der Waals surface area (Å²) >= 11 is 0. The van der Waals surface area contributed by atoms with E-state index in [9.17, 15) is 0 Å². The number of oxazole rings is 1. The van der Waals surface area contributed by atoms with E-state index in [1.165, 1.54) is 0 Å². The van der Waals surface area contributed by atoms with Crippen LogP contribution >= 0.6 is 24.0 Å². The number of aliphatic imine (C=N–C) groups is 1. The van der Waals surface area contributed by atoms with Crippen LogP contribution in [0.4, 0.5) is 0 Å². The molecule has 3 rings (SSSR count). The first-order valence-corrected chi connectivity index (χ1v) is 9.41. The van der Waals surface area contributed by atoms with Crippen molar-refractivity contribution in [1.29, 1.82) is 0 Å². The van der Waals surface area contributed by atoms with E-state index < -0.39 is 0 Å². The molecule has 0 bridgehead atoms. The minimum atomic E-state index is 0. The third kappa shape index (κ3) is 6.27. The van der Waals surface area contributed by atoms with Crippen molar-refractivity contribution in [3.05, 3.63) is 60.0 Å². The lowest BCUT2D eigenvalue weighted by atomic mass is 10.1. The number of nitrogens with one attached hydrogen (secondary N) is 2. The number of hydrogen-bond acceptors (Lipinski definition) is 6. The molecular formula is C22H27IN4O4. The molecule has 1 aromatic heterocycles. The number of ether oxygens (including phenoxy) is 3. The van der Waals surface area contributed by atoms with E-state index >= 15 is 0 Å². The maximum atomic E-state index is 5.57. The summed E-state index contributed by atoms with van der Waals surface area (Å²) in [6, 6.07) is 13.4. The lowest BCUT2D eigenvalue weighted by Crippen LogP contribution is -2.36. The minimum absolute atomic E-state index is 0. The minimum Gasteiger partial charge on any atom is -0.496 e. The molecule has 0 aliphatic rings. The Morgan fingerprint density at radius 1 is 0.968 bits per heavy atom. The summed E-state index contributed by atoms with van der Waals surface area (Å²) in [7, 11) is 6.53. The van der Waals surface area contributed by atoms with E-state index in [1.807, 2.05) is 42.5 Å². The molecule has 0 atom stereocenters. The molecule has 0 aliphatic heterocycles. The Kier molecular flexibility index (Phi) is 9.44. The van der Waals surface area contributed by atoms with Crippen molar-refractivity contribution >= 4 is 29.9 Å². The van der Waals surface area contributed by atoms with Gasteiger partial charge in [0.1, 0.15) is 23.5 Å². The molecule has 0 unspecified atom stereocenters. The van der Waals surface area contributed by atoms with E-state index in [4.69, 9.17) is 18.6 Å². The quantitative estimate of drug-likeness (QED) is 0.256. The van der Waals surface area contributed by atoms with Crippen LogP contribution in [-0.2, 0) is 13.1 Å². The summed E-state index contributed by atoms with van der Waals surface area (Å²) in [5, 5.41) is 6.49. The van der Waals surface area contributed by atoms with Crippen molar-refractivity contribution in [3.63, 3.8) is 0 Å². The van der Waals surface area contributed by atoms with Crippen molar-refractivity contribution in [2.24, 2.45) is 4.99 Å². The van der Waals surface area contributed by atoms with Crippen LogP contribution in [-0.4, -0.2) is 39.3 Å². The van der Waals surface area contributed by atoms with Crippen LogP contribution in [0, 0.1) is 0 Å². The molecule has 0 saturated carbocycles. The lowest BCUT2D eigenvalue weighted by Gasteiger charge is -2.17. The van der Waals surface area contributed by atoms with Gasteiger partial charge in [0.05, 0.1) is 45.7 Å². The van der Waals surface area contributed by atoms with Crippen molar-refractivity contribution in [1.82, 2.24) is 15.6 Å². The molecule has 0 radical (unpaired) electrons. The van der Waals surface area contributed by atoms with Crippen molar-refractivity contribution in [2.45, 2.75) is 13.1 Å². The Bertz CT molecular complexity index is 967. The van der Waals surface area contributed by atoms with Crippen molar-refractivity contribution in [2.75, 3.05) is 28.4 Å². The average Bonchev–Trinajstić information content (AvgIpc) is 3.28. The van der Waals surface area contributed by atoms with Crippen molar-refractivity contribution < 1.29 is 18.6 Å². The van der Waals surface area contributed by atoms with Gasteiger partial charge in [0, 0.05) is 24.7 Å². The maximum Gasteiger partial charge on any atom is 0.226 e. The van der Waals surface area contributed by atoms with E-state index in [2.05, 4.69) is 20.6 Å². The molecule has 0 spiro atoms. The zero-order chi connectivity index (χ0) is 21.3. The predicted octanol–water partition coefficient (Wildman–Crippen LogP) is 3.85. The van der Waals surface area contributed by atoms with Gasteiger partial charge in [-0.2, -0.15) is 0 Å². The Morgan fingerprint density at radius 2 is 1.61 bits per heavy atom. The summed E-state index contributed by atoms with van der Waals surface area (Å²) in [5.74, 6) is 3.19. The molecule has 0 saturated heterocycles. The highest BCUT2D eigenvalue weighted by molar-refractivity contribution is 14.0. The Morgan fingerprint density at radius 3 is 2.19 bits per heavy atom. The van der Waals surface area contributed by atoms with Gasteiger partial charge in [-0.25, -0.2) is 4.98 Å². The molecule has 0 amide bonds. The van der Waals surface area contributed by atoms with Gasteiger partial charge in [-0.3, -0.25) is 4.99 Å². The van der Waals surface area contributed by atoms with Crippen LogP contribution < -0.4 is 24.8 Å². The Hall–Kier alpha value is -2.95. The third-order valence-electron chi connectivity index (χ3n) is 4.48. The third-order valence-corrected chi connectivity index (χ3v) is 4.48. The second-order valence-electron chi connectivity index (χ2n) is 6.30. The Labute approximate surface area is 199 Å². The number of guanidine groups is 1. The number of aromatic nitrogens is 1. The normalized spacial score (nSPS) is 10.8. The molecule has 0 fully saturated rings. The Balaban J connectivity index is 0.00000341. The van der Waals surface area contributed by atoms with Gasteiger partial charge in [-0.15, -0.1) is 24.0 Å². The molecule has 166 valence electrons. The van der Waals surface area contributed by atoms with E-state index in [0.29, 0.717) is 42.2 Å².